The van der Waals surface area contributed by atoms with Crippen LogP contribution in [-0.4, -0.2) is 17.0 Å². The Morgan fingerprint density at radius 2 is 2.00 bits per heavy atom. The fourth-order valence-electron chi connectivity index (χ4n) is 2.00. The number of nitrogens with one attached hydrogen (secondary N) is 1. The molecule has 1 aromatic rings. The van der Waals surface area contributed by atoms with Gasteiger partial charge in [0, 0.05) is 16.1 Å². The van der Waals surface area contributed by atoms with Crippen molar-refractivity contribution in [1.29, 1.82) is 0 Å². The third-order valence-electron chi connectivity index (χ3n) is 3.18. The average molecular weight is 342 g/mol. The molecule has 1 rings (SSSR count). The first-order valence-electron chi connectivity index (χ1n) is 6.82. The Morgan fingerprint density at radius 3 is 2.55 bits per heavy atom. The van der Waals surface area contributed by atoms with Crippen LogP contribution >= 0.6 is 15.9 Å². The van der Waals surface area contributed by atoms with Gasteiger partial charge in [0.05, 0.1) is 5.56 Å². The Balaban J connectivity index is 2.81. The standard InChI is InChI=1S/C15H20BrNO3/c1-3-5-6-10(4-2)14(18)17-13-8-11(15(19)20)7-12(16)9-13/h7-10H,3-6H2,1-2H3,(H,17,18)(H,19,20). The van der Waals surface area contributed by atoms with Crippen LogP contribution in [0, 0.1) is 5.92 Å². The first-order chi connectivity index (χ1) is 9.47. The zero-order chi connectivity index (χ0) is 15.1. The second-order valence-corrected chi connectivity index (χ2v) is 5.69. The molecule has 4 nitrogen and oxygen atoms in total. The number of benzene rings is 1. The van der Waals surface area contributed by atoms with Gasteiger partial charge in [-0.2, -0.15) is 0 Å². The average Bonchev–Trinajstić information content (AvgIpc) is 2.38. The molecular formula is C15H20BrNO3. The number of carbonyl (C=O) groups is 2. The molecular weight excluding hydrogens is 322 g/mol. The minimum atomic E-state index is -1.01. The molecule has 0 aromatic heterocycles. The molecule has 1 amide bonds. The predicted octanol–water partition coefficient (Wildman–Crippen LogP) is 4.30. The number of carbonyl (C=O) groups excluding carboxylic acids is 1. The minimum absolute atomic E-state index is 0.0257. The maximum atomic E-state index is 12.2. The van der Waals surface area contributed by atoms with E-state index in [0.29, 0.717) is 10.2 Å². The van der Waals surface area contributed by atoms with Gasteiger partial charge in [0.15, 0.2) is 0 Å². The van der Waals surface area contributed by atoms with Crippen molar-refractivity contribution in [2.45, 2.75) is 39.5 Å². The van der Waals surface area contributed by atoms with Gasteiger partial charge in [-0.25, -0.2) is 4.79 Å². The molecule has 0 heterocycles. The molecule has 110 valence electrons. The SMILES string of the molecule is CCCCC(CC)C(=O)Nc1cc(Br)cc(C(=O)O)c1. The van der Waals surface area contributed by atoms with Gasteiger partial charge in [0.1, 0.15) is 0 Å². The highest BCUT2D eigenvalue weighted by Gasteiger charge is 2.16. The molecule has 0 radical (unpaired) electrons. The van der Waals surface area contributed by atoms with Crippen molar-refractivity contribution in [2.75, 3.05) is 5.32 Å². The smallest absolute Gasteiger partial charge is 0.335 e. The van der Waals surface area contributed by atoms with Crippen molar-refractivity contribution in [1.82, 2.24) is 0 Å². The van der Waals surface area contributed by atoms with E-state index in [0.717, 1.165) is 25.7 Å². The van der Waals surface area contributed by atoms with Crippen LogP contribution in [0.15, 0.2) is 22.7 Å². The summed E-state index contributed by atoms with van der Waals surface area (Å²) in [6, 6.07) is 4.68. The number of anilines is 1. The topological polar surface area (TPSA) is 66.4 Å². The summed E-state index contributed by atoms with van der Waals surface area (Å²) in [5.41, 5.74) is 0.660. The van der Waals surface area contributed by atoms with Crippen molar-refractivity contribution < 1.29 is 14.7 Å². The Bertz CT molecular complexity index is 488. The predicted molar refractivity (Wildman–Crippen MR) is 83.0 cm³/mol. The second-order valence-electron chi connectivity index (χ2n) is 4.77. The molecule has 0 saturated heterocycles. The normalized spacial score (nSPS) is 11.9. The molecule has 0 bridgehead atoms. The third kappa shape index (κ3) is 4.96. The Morgan fingerprint density at radius 1 is 1.30 bits per heavy atom. The number of unbranched alkanes of at least 4 members (excludes halogenated alkanes) is 1. The summed E-state index contributed by atoms with van der Waals surface area (Å²) in [7, 11) is 0. The van der Waals surface area contributed by atoms with Crippen molar-refractivity contribution in [3.05, 3.63) is 28.2 Å². The molecule has 20 heavy (non-hydrogen) atoms. The van der Waals surface area contributed by atoms with Crippen LogP contribution in [-0.2, 0) is 4.79 Å². The Labute approximate surface area is 127 Å². The molecule has 0 aliphatic rings. The van der Waals surface area contributed by atoms with Crippen molar-refractivity contribution >= 4 is 33.5 Å². The number of halogens is 1. The fourth-order valence-corrected chi connectivity index (χ4v) is 2.49. The van der Waals surface area contributed by atoms with Gasteiger partial charge < -0.3 is 10.4 Å². The van der Waals surface area contributed by atoms with Crippen molar-refractivity contribution in [3.8, 4) is 0 Å². The number of rotatable bonds is 7. The fraction of sp³-hybridized carbons (Fsp3) is 0.467. The van der Waals surface area contributed by atoms with E-state index in [1.807, 2.05) is 6.92 Å². The van der Waals surface area contributed by atoms with Crippen LogP contribution in [0.4, 0.5) is 5.69 Å². The van der Waals surface area contributed by atoms with E-state index in [1.165, 1.54) is 12.1 Å². The summed E-state index contributed by atoms with van der Waals surface area (Å²) in [5, 5.41) is 11.8. The molecule has 0 aliphatic carbocycles. The van der Waals surface area contributed by atoms with E-state index in [4.69, 9.17) is 5.11 Å². The van der Waals surface area contributed by atoms with Crippen LogP contribution in [0.5, 0.6) is 0 Å². The van der Waals surface area contributed by atoms with Gasteiger partial charge in [-0.05, 0) is 31.0 Å². The van der Waals surface area contributed by atoms with E-state index >= 15 is 0 Å². The lowest BCUT2D eigenvalue weighted by Gasteiger charge is -2.15. The molecule has 0 fully saturated rings. The number of amides is 1. The van der Waals surface area contributed by atoms with Crippen LogP contribution in [0.2, 0.25) is 0 Å². The minimum Gasteiger partial charge on any atom is -0.478 e. The quantitative estimate of drug-likeness (QED) is 0.776. The summed E-state index contributed by atoms with van der Waals surface area (Å²) in [6.07, 6.45) is 3.72. The summed E-state index contributed by atoms with van der Waals surface area (Å²) in [4.78, 5) is 23.2. The van der Waals surface area contributed by atoms with Gasteiger partial charge in [-0.1, -0.05) is 42.6 Å². The number of carboxylic acid groups (broad SMARTS) is 1. The lowest BCUT2D eigenvalue weighted by Crippen LogP contribution is -2.22. The maximum absolute atomic E-state index is 12.2. The van der Waals surface area contributed by atoms with Gasteiger partial charge in [-0.3, -0.25) is 4.79 Å². The molecule has 1 unspecified atom stereocenters. The number of carboxylic acids is 1. The molecule has 0 aliphatic heterocycles. The van der Waals surface area contributed by atoms with E-state index in [9.17, 15) is 9.59 Å². The van der Waals surface area contributed by atoms with Crippen LogP contribution < -0.4 is 5.32 Å². The van der Waals surface area contributed by atoms with E-state index in [1.54, 1.807) is 6.07 Å². The van der Waals surface area contributed by atoms with E-state index in [2.05, 4.69) is 28.2 Å². The highest BCUT2D eigenvalue weighted by molar-refractivity contribution is 9.10. The van der Waals surface area contributed by atoms with Crippen LogP contribution in [0.1, 0.15) is 49.9 Å². The highest BCUT2D eigenvalue weighted by atomic mass is 79.9. The van der Waals surface area contributed by atoms with Crippen LogP contribution in [0.3, 0.4) is 0 Å². The molecule has 5 heteroatoms. The second kappa shape index (κ2) is 8.04. The molecule has 0 saturated carbocycles. The lowest BCUT2D eigenvalue weighted by atomic mass is 9.98. The van der Waals surface area contributed by atoms with Gasteiger partial charge in [-0.15, -0.1) is 0 Å². The third-order valence-corrected chi connectivity index (χ3v) is 3.64. The first kappa shape index (κ1) is 16.7. The molecule has 1 aromatic carbocycles. The zero-order valence-electron chi connectivity index (χ0n) is 11.8. The van der Waals surface area contributed by atoms with Crippen molar-refractivity contribution in [3.63, 3.8) is 0 Å². The van der Waals surface area contributed by atoms with E-state index in [-0.39, 0.29) is 17.4 Å². The molecule has 0 spiro atoms. The molecule has 2 N–H and O–H groups in total. The Kier molecular flexibility index (Phi) is 6.71. The summed E-state index contributed by atoms with van der Waals surface area (Å²) >= 11 is 3.25. The Hall–Kier alpha value is -1.36. The lowest BCUT2D eigenvalue weighted by molar-refractivity contribution is -0.120. The van der Waals surface area contributed by atoms with Gasteiger partial charge in [0.25, 0.3) is 0 Å². The molecule has 1 atom stereocenters. The maximum Gasteiger partial charge on any atom is 0.335 e. The van der Waals surface area contributed by atoms with Crippen molar-refractivity contribution in [2.24, 2.45) is 5.92 Å². The zero-order valence-corrected chi connectivity index (χ0v) is 13.4. The number of aromatic carboxylic acids is 1. The van der Waals surface area contributed by atoms with Gasteiger partial charge in [0.2, 0.25) is 5.91 Å². The summed E-state index contributed by atoms with van der Waals surface area (Å²) in [5.74, 6) is -1.09. The summed E-state index contributed by atoms with van der Waals surface area (Å²) < 4.78 is 0.634. The number of hydrogen-bond donors (Lipinski definition) is 2. The van der Waals surface area contributed by atoms with Crippen LogP contribution in [0.25, 0.3) is 0 Å². The summed E-state index contributed by atoms with van der Waals surface area (Å²) in [6.45, 7) is 4.08. The van der Waals surface area contributed by atoms with E-state index < -0.39 is 5.97 Å². The first-order valence-corrected chi connectivity index (χ1v) is 7.62. The van der Waals surface area contributed by atoms with Gasteiger partial charge >= 0.3 is 5.97 Å². The largest absolute Gasteiger partial charge is 0.478 e. The highest BCUT2D eigenvalue weighted by Crippen LogP contribution is 2.22. The monoisotopic (exact) mass is 341 g/mol. The number of hydrogen-bond acceptors (Lipinski definition) is 2.